The van der Waals surface area contributed by atoms with Crippen molar-refractivity contribution in [2.75, 3.05) is 6.61 Å². The highest BCUT2D eigenvalue weighted by Gasteiger charge is 2.20. The molecular formula is C15H20ClNO4. The molecule has 0 aliphatic rings. The molecule has 116 valence electrons. The summed E-state index contributed by atoms with van der Waals surface area (Å²) < 4.78 is 5.39. The van der Waals surface area contributed by atoms with E-state index in [9.17, 15) is 9.59 Å². The van der Waals surface area contributed by atoms with Gasteiger partial charge in [-0.05, 0) is 36.6 Å². The molecule has 6 heteroatoms. The number of carbonyl (C=O) groups is 2. The highest BCUT2D eigenvalue weighted by Crippen LogP contribution is 2.15. The van der Waals surface area contributed by atoms with Crippen LogP contribution in [0.5, 0.6) is 5.75 Å². The highest BCUT2D eigenvalue weighted by molar-refractivity contribution is 6.30. The Bertz CT molecular complexity index is 473. The molecule has 21 heavy (non-hydrogen) atoms. The van der Waals surface area contributed by atoms with Gasteiger partial charge in [0.05, 0.1) is 13.0 Å². The quantitative estimate of drug-likeness (QED) is 0.773. The molecule has 0 radical (unpaired) electrons. The number of carboxylic acid groups (broad SMARTS) is 1. The third kappa shape index (κ3) is 6.99. The Kier molecular flexibility index (Phi) is 7.02. The number of ether oxygens (including phenoxy) is 1. The van der Waals surface area contributed by atoms with E-state index in [0.717, 1.165) is 0 Å². The fourth-order valence-corrected chi connectivity index (χ4v) is 1.88. The van der Waals surface area contributed by atoms with Crippen molar-refractivity contribution in [3.05, 3.63) is 29.3 Å². The van der Waals surface area contributed by atoms with Crippen LogP contribution in [-0.4, -0.2) is 29.6 Å². The van der Waals surface area contributed by atoms with Gasteiger partial charge in [0, 0.05) is 5.02 Å². The molecule has 1 rings (SSSR count). The van der Waals surface area contributed by atoms with Crippen molar-refractivity contribution in [1.29, 1.82) is 0 Å². The standard InChI is InChI=1S/C15H20ClNO4/c1-10(2)9-13(15(19)20)17-14(18)7-8-21-12-5-3-11(16)4-6-12/h3-6,10,13H,7-9H2,1-2H3,(H,17,18)(H,19,20)/t13-/m0/s1. The molecule has 0 bridgehead atoms. The average Bonchev–Trinajstić information content (AvgIpc) is 2.39. The Morgan fingerprint density at radius 1 is 1.29 bits per heavy atom. The van der Waals surface area contributed by atoms with Crippen molar-refractivity contribution in [2.45, 2.75) is 32.7 Å². The second-order valence-corrected chi connectivity index (χ2v) is 5.58. The second-order valence-electron chi connectivity index (χ2n) is 5.14. The van der Waals surface area contributed by atoms with Crippen LogP contribution in [0.25, 0.3) is 0 Å². The number of hydrogen-bond acceptors (Lipinski definition) is 3. The molecular weight excluding hydrogens is 294 g/mol. The van der Waals surface area contributed by atoms with Gasteiger partial charge in [0.2, 0.25) is 5.91 Å². The predicted molar refractivity (Wildman–Crippen MR) is 80.6 cm³/mol. The van der Waals surface area contributed by atoms with Crippen molar-refractivity contribution >= 4 is 23.5 Å². The summed E-state index contributed by atoms with van der Waals surface area (Å²) in [5.74, 6) is -0.548. The summed E-state index contributed by atoms with van der Waals surface area (Å²) in [5, 5.41) is 12.2. The minimum Gasteiger partial charge on any atom is -0.493 e. The molecule has 1 aromatic rings. The monoisotopic (exact) mass is 313 g/mol. The molecule has 1 atom stereocenters. The van der Waals surface area contributed by atoms with Crippen LogP contribution in [0.4, 0.5) is 0 Å². The summed E-state index contributed by atoms with van der Waals surface area (Å²) in [6, 6.07) is 5.95. The summed E-state index contributed by atoms with van der Waals surface area (Å²) in [7, 11) is 0. The third-order valence-corrected chi connectivity index (χ3v) is 3.00. The van der Waals surface area contributed by atoms with Crippen molar-refractivity contribution < 1.29 is 19.4 Å². The zero-order chi connectivity index (χ0) is 15.8. The number of amides is 1. The van der Waals surface area contributed by atoms with Gasteiger partial charge >= 0.3 is 5.97 Å². The van der Waals surface area contributed by atoms with Gasteiger partial charge in [0.15, 0.2) is 0 Å². The Balaban J connectivity index is 2.35. The molecule has 0 aliphatic carbocycles. The molecule has 0 unspecified atom stereocenters. The first-order valence-electron chi connectivity index (χ1n) is 6.79. The smallest absolute Gasteiger partial charge is 0.326 e. The summed E-state index contributed by atoms with van der Waals surface area (Å²) in [6.45, 7) is 4.00. The number of aliphatic carboxylic acids is 1. The van der Waals surface area contributed by atoms with Gasteiger partial charge in [-0.2, -0.15) is 0 Å². The van der Waals surface area contributed by atoms with Gasteiger partial charge in [0.25, 0.3) is 0 Å². The van der Waals surface area contributed by atoms with Crippen LogP contribution in [0.15, 0.2) is 24.3 Å². The van der Waals surface area contributed by atoms with Crippen LogP contribution in [0.1, 0.15) is 26.7 Å². The summed E-state index contributed by atoms with van der Waals surface area (Å²) in [5.41, 5.74) is 0. The van der Waals surface area contributed by atoms with Gasteiger partial charge in [-0.25, -0.2) is 4.79 Å². The Hall–Kier alpha value is -1.75. The topological polar surface area (TPSA) is 75.6 Å². The van der Waals surface area contributed by atoms with E-state index in [4.69, 9.17) is 21.4 Å². The molecule has 2 N–H and O–H groups in total. The highest BCUT2D eigenvalue weighted by atomic mass is 35.5. The lowest BCUT2D eigenvalue weighted by atomic mass is 10.0. The first-order valence-corrected chi connectivity index (χ1v) is 7.17. The van der Waals surface area contributed by atoms with Crippen LogP contribution in [0, 0.1) is 5.92 Å². The predicted octanol–water partition coefficient (Wildman–Crippen LogP) is 2.72. The van der Waals surface area contributed by atoms with E-state index < -0.39 is 12.0 Å². The molecule has 0 heterocycles. The number of carbonyl (C=O) groups excluding carboxylic acids is 1. The maximum Gasteiger partial charge on any atom is 0.326 e. The van der Waals surface area contributed by atoms with E-state index in [0.29, 0.717) is 17.2 Å². The Morgan fingerprint density at radius 2 is 1.90 bits per heavy atom. The van der Waals surface area contributed by atoms with E-state index >= 15 is 0 Å². The first-order chi connectivity index (χ1) is 9.88. The second kappa shape index (κ2) is 8.52. The molecule has 0 saturated carbocycles. The van der Waals surface area contributed by atoms with Crippen LogP contribution in [0.2, 0.25) is 5.02 Å². The number of nitrogens with one attached hydrogen (secondary N) is 1. The average molecular weight is 314 g/mol. The molecule has 0 spiro atoms. The lowest BCUT2D eigenvalue weighted by Crippen LogP contribution is -2.42. The zero-order valence-electron chi connectivity index (χ0n) is 12.1. The van der Waals surface area contributed by atoms with E-state index in [1.54, 1.807) is 24.3 Å². The van der Waals surface area contributed by atoms with Crippen LogP contribution in [-0.2, 0) is 9.59 Å². The Morgan fingerprint density at radius 3 is 2.43 bits per heavy atom. The molecule has 0 fully saturated rings. The summed E-state index contributed by atoms with van der Waals surface area (Å²) >= 11 is 5.75. The van der Waals surface area contributed by atoms with Crippen LogP contribution >= 0.6 is 11.6 Å². The van der Waals surface area contributed by atoms with E-state index in [1.165, 1.54) is 0 Å². The van der Waals surface area contributed by atoms with E-state index in [2.05, 4.69) is 5.32 Å². The lowest BCUT2D eigenvalue weighted by molar-refractivity contribution is -0.142. The van der Waals surface area contributed by atoms with Crippen molar-refractivity contribution in [3.63, 3.8) is 0 Å². The molecule has 0 aromatic heterocycles. The number of benzene rings is 1. The van der Waals surface area contributed by atoms with Crippen molar-refractivity contribution in [2.24, 2.45) is 5.92 Å². The largest absolute Gasteiger partial charge is 0.493 e. The van der Waals surface area contributed by atoms with Gasteiger partial charge in [-0.3, -0.25) is 4.79 Å². The van der Waals surface area contributed by atoms with Crippen LogP contribution in [0.3, 0.4) is 0 Å². The first kappa shape index (κ1) is 17.3. The summed E-state index contributed by atoms with van der Waals surface area (Å²) in [6.07, 6.45) is 0.504. The maximum atomic E-state index is 11.7. The van der Waals surface area contributed by atoms with Gasteiger partial charge < -0.3 is 15.2 Å². The van der Waals surface area contributed by atoms with Gasteiger partial charge in [-0.1, -0.05) is 25.4 Å². The van der Waals surface area contributed by atoms with Crippen molar-refractivity contribution in [1.82, 2.24) is 5.32 Å². The molecule has 0 aliphatic heterocycles. The fourth-order valence-electron chi connectivity index (χ4n) is 1.75. The van der Waals surface area contributed by atoms with Gasteiger partial charge in [0.1, 0.15) is 11.8 Å². The zero-order valence-corrected chi connectivity index (χ0v) is 12.9. The van der Waals surface area contributed by atoms with E-state index in [1.807, 2.05) is 13.8 Å². The Labute approximate surface area is 129 Å². The number of halogens is 1. The molecule has 0 saturated heterocycles. The van der Waals surface area contributed by atoms with Gasteiger partial charge in [-0.15, -0.1) is 0 Å². The maximum absolute atomic E-state index is 11.7. The number of hydrogen-bond donors (Lipinski definition) is 2. The lowest BCUT2D eigenvalue weighted by Gasteiger charge is -2.16. The van der Waals surface area contributed by atoms with Crippen molar-refractivity contribution in [3.8, 4) is 5.75 Å². The number of rotatable bonds is 8. The molecule has 1 amide bonds. The molecule has 5 nitrogen and oxygen atoms in total. The normalized spacial score (nSPS) is 12.0. The SMILES string of the molecule is CC(C)C[C@H](NC(=O)CCOc1ccc(Cl)cc1)C(=O)O. The minimum atomic E-state index is -1.02. The molecule has 1 aromatic carbocycles. The fraction of sp³-hybridized carbons (Fsp3) is 0.467. The minimum absolute atomic E-state index is 0.102. The summed E-state index contributed by atoms with van der Waals surface area (Å²) in [4.78, 5) is 22.7. The van der Waals surface area contributed by atoms with E-state index in [-0.39, 0.29) is 24.9 Å². The third-order valence-electron chi connectivity index (χ3n) is 2.75. The van der Waals surface area contributed by atoms with Crippen LogP contribution < -0.4 is 10.1 Å². The number of carboxylic acids is 1.